The first-order valence-electron chi connectivity index (χ1n) is 6.05. The van der Waals surface area contributed by atoms with E-state index in [0.717, 1.165) is 9.54 Å². The van der Waals surface area contributed by atoms with Crippen LogP contribution in [0.5, 0.6) is 0 Å². The van der Waals surface area contributed by atoms with Crippen molar-refractivity contribution in [3.8, 4) is 0 Å². The van der Waals surface area contributed by atoms with Crippen molar-refractivity contribution < 1.29 is 8.42 Å². The third-order valence-corrected chi connectivity index (χ3v) is 4.81. The molecule has 0 saturated carbocycles. The number of benzene rings is 2. The number of nitrogens with zero attached hydrogens (tertiary/aromatic N) is 2. The van der Waals surface area contributed by atoms with Crippen LogP contribution in [0.1, 0.15) is 5.56 Å². The second-order valence-corrected chi connectivity index (χ2v) is 6.33. The van der Waals surface area contributed by atoms with E-state index < -0.39 is 10.0 Å². The van der Waals surface area contributed by atoms with E-state index in [2.05, 4.69) is 4.98 Å². The molecule has 5 nitrogen and oxygen atoms in total. The Morgan fingerprint density at radius 1 is 1.10 bits per heavy atom. The van der Waals surface area contributed by atoms with Gasteiger partial charge in [-0.15, -0.1) is 0 Å². The molecule has 102 valence electrons. The zero-order chi connectivity index (χ0) is 14.3. The van der Waals surface area contributed by atoms with Crippen LogP contribution >= 0.6 is 0 Å². The lowest BCUT2D eigenvalue weighted by Gasteiger charge is -2.08. The molecule has 0 aliphatic heterocycles. The van der Waals surface area contributed by atoms with E-state index in [0.29, 0.717) is 11.0 Å². The number of aryl methyl sites for hydroxylation is 1. The van der Waals surface area contributed by atoms with Crippen molar-refractivity contribution in [1.29, 1.82) is 0 Å². The standard InChI is InChI=1S/C14H13N3O2S/c1-10-7-8-12-13(9-10)17(14(15)16-12)20(18,19)11-5-3-2-4-6-11/h2-9H,1H3,(H2,15,16). The fourth-order valence-electron chi connectivity index (χ4n) is 2.13. The van der Waals surface area contributed by atoms with Gasteiger partial charge in [-0.3, -0.25) is 0 Å². The average molecular weight is 287 g/mol. The summed E-state index contributed by atoms with van der Waals surface area (Å²) in [6.45, 7) is 1.89. The highest BCUT2D eigenvalue weighted by Gasteiger charge is 2.22. The van der Waals surface area contributed by atoms with Crippen LogP contribution in [-0.4, -0.2) is 17.4 Å². The van der Waals surface area contributed by atoms with Gasteiger partial charge in [0.05, 0.1) is 15.9 Å². The number of hydrogen-bond donors (Lipinski definition) is 1. The Labute approximate surface area is 116 Å². The molecule has 0 saturated heterocycles. The minimum atomic E-state index is -3.74. The number of nitrogen functional groups attached to an aromatic ring is 1. The molecule has 0 aliphatic rings. The summed E-state index contributed by atoms with van der Waals surface area (Å²) in [6, 6.07) is 13.6. The van der Waals surface area contributed by atoms with Crippen molar-refractivity contribution in [3.63, 3.8) is 0 Å². The monoisotopic (exact) mass is 287 g/mol. The summed E-state index contributed by atoms with van der Waals surface area (Å²) in [5.74, 6) is -0.0329. The van der Waals surface area contributed by atoms with Crippen molar-refractivity contribution in [2.75, 3.05) is 5.73 Å². The molecule has 1 heterocycles. The van der Waals surface area contributed by atoms with E-state index in [9.17, 15) is 8.42 Å². The van der Waals surface area contributed by atoms with Crippen LogP contribution in [0.25, 0.3) is 11.0 Å². The number of imidazole rings is 1. The molecule has 0 radical (unpaired) electrons. The van der Waals surface area contributed by atoms with Crippen LogP contribution < -0.4 is 5.73 Å². The zero-order valence-corrected chi connectivity index (χ0v) is 11.6. The van der Waals surface area contributed by atoms with Gasteiger partial charge in [0, 0.05) is 0 Å². The highest BCUT2D eigenvalue weighted by molar-refractivity contribution is 7.90. The van der Waals surface area contributed by atoms with Gasteiger partial charge < -0.3 is 5.73 Å². The minimum absolute atomic E-state index is 0.0329. The lowest BCUT2D eigenvalue weighted by Crippen LogP contribution is -2.15. The van der Waals surface area contributed by atoms with E-state index in [1.54, 1.807) is 30.3 Å². The molecule has 0 unspecified atom stereocenters. The first-order valence-corrected chi connectivity index (χ1v) is 7.49. The van der Waals surface area contributed by atoms with Crippen molar-refractivity contribution in [3.05, 3.63) is 54.1 Å². The summed E-state index contributed by atoms with van der Waals surface area (Å²) in [4.78, 5) is 4.30. The highest BCUT2D eigenvalue weighted by atomic mass is 32.2. The summed E-state index contributed by atoms with van der Waals surface area (Å²) in [5.41, 5.74) is 7.80. The maximum atomic E-state index is 12.7. The van der Waals surface area contributed by atoms with Crippen LogP contribution in [0, 0.1) is 6.92 Å². The molecule has 3 aromatic rings. The van der Waals surface area contributed by atoms with E-state index in [4.69, 9.17) is 5.73 Å². The van der Waals surface area contributed by atoms with Crippen LogP contribution in [0.3, 0.4) is 0 Å². The molecule has 0 amide bonds. The largest absolute Gasteiger partial charge is 0.368 e. The third kappa shape index (κ3) is 1.85. The lowest BCUT2D eigenvalue weighted by atomic mass is 10.2. The summed E-state index contributed by atoms with van der Waals surface area (Å²) in [6.07, 6.45) is 0. The smallest absolute Gasteiger partial charge is 0.271 e. The molecule has 0 bridgehead atoms. The number of anilines is 1. The molecule has 0 aliphatic carbocycles. The molecule has 1 aromatic heterocycles. The Balaban J connectivity index is 2.35. The van der Waals surface area contributed by atoms with Crippen LogP contribution in [-0.2, 0) is 10.0 Å². The van der Waals surface area contributed by atoms with Crippen LogP contribution in [0.2, 0.25) is 0 Å². The molecular weight excluding hydrogens is 274 g/mol. The van der Waals surface area contributed by atoms with Crippen LogP contribution in [0.15, 0.2) is 53.4 Å². The maximum absolute atomic E-state index is 12.7. The Hall–Kier alpha value is -2.34. The first-order chi connectivity index (χ1) is 9.50. The second-order valence-electron chi connectivity index (χ2n) is 4.54. The SMILES string of the molecule is Cc1ccc2nc(N)n(S(=O)(=O)c3ccccc3)c2c1. The maximum Gasteiger partial charge on any atom is 0.271 e. The Kier molecular flexibility index (Phi) is 2.76. The van der Waals surface area contributed by atoms with Crippen LogP contribution in [0.4, 0.5) is 5.95 Å². The number of fused-ring (bicyclic) bond motifs is 1. The number of aromatic nitrogens is 2. The fourth-order valence-corrected chi connectivity index (χ4v) is 3.54. The lowest BCUT2D eigenvalue weighted by molar-refractivity contribution is 0.589. The molecule has 2 N–H and O–H groups in total. The molecular formula is C14H13N3O2S. The minimum Gasteiger partial charge on any atom is -0.368 e. The van der Waals surface area contributed by atoms with E-state index in [1.807, 2.05) is 13.0 Å². The summed E-state index contributed by atoms with van der Waals surface area (Å²) < 4.78 is 26.5. The van der Waals surface area contributed by atoms with E-state index >= 15 is 0 Å². The van der Waals surface area contributed by atoms with Gasteiger partial charge in [-0.25, -0.2) is 17.4 Å². The molecule has 6 heteroatoms. The average Bonchev–Trinajstić information content (AvgIpc) is 2.75. The topological polar surface area (TPSA) is 78.0 Å². The van der Waals surface area contributed by atoms with Gasteiger partial charge in [0.1, 0.15) is 0 Å². The predicted octanol–water partition coefficient (Wildman–Crippen LogP) is 2.16. The van der Waals surface area contributed by atoms with E-state index in [1.165, 1.54) is 12.1 Å². The Morgan fingerprint density at radius 2 is 1.80 bits per heavy atom. The zero-order valence-electron chi connectivity index (χ0n) is 10.8. The second kappa shape index (κ2) is 4.35. The van der Waals surface area contributed by atoms with Gasteiger partial charge >= 0.3 is 0 Å². The van der Waals surface area contributed by atoms with Gasteiger partial charge in [0.15, 0.2) is 0 Å². The van der Waals surface area contributed by atoms with Crippen molar-refractivity contribution in [2.45, 2.75) is 11.8 Å². The molecule has 0 spiro atoms. The Bertz CT molecular complexity index is 883. The van der Waals surface area contributed by atoms with Crippen molar-refractivity contribution >= 4 is 27.0 Å². The summed E-state index contributed by atoms with van der Waals surface area (Å²) in [7, 11) is -3.74. The first kappa shape index (κ1) is 12.7. The molecule has 0 fully saturated rings. The third-order valence-electron chi connectivity index (χ3n) is 3.07. The van der Waals surface area contributed by atoms with Gasteiger partial charge in [0.25, 0.3) is 10.0 Å². The van der Waals surface area contributed by atoms with Gasteiger partial charge in [-0.2, -0.15) is 0 Å². The number of nitrogens with two attached hydrogens (primary N) is 1. The Morgan fingerprint density at radius 3 is 2.50 bits per heavy atom. The van der Waals surface area contributed by atoms with Gasteiger partial charge in [-0.05, 0) is 36.8 Å². The van der Waals surface area contributed by atoms with Gasteiger partial charge in [0.2, 0.25) is 5.95 Å². The molecule has 3 rings (SSSR count). The molecule has 2 aromatic carbocycles. The number of rotatable bonds is 2. The summed E-state index contributed by atoms with van der Waals surface area (Å²) >= 11 is 0. The highest BCUT2D eigenvalue weighted by Crippen LogP contribution is 2.25. The molecule has 0 atom stereocenters. The molecule has 20 heavy (non-hydrogen) atoms. The summed E-state index contributed by atoms with van der Waals surface area (Å²) in [5, 5.41) is 0. The fraction of sp³-hybridized carbons (Fsp3) is 0.0714. The van der Waals surface area contributed by atoms with E-state index in [-0.39, 0.29) is 10.8 Å². The normalized spacial score (nSPS) is 11.8. The quantitative estimate of drug-likeness (QED) is 0.783. The van der Waals surface area contributed by atoms with Crippen molar-refractivity contribution in [1.82, 2.24) is 8.96 Å². The van der Waals surface area contributed by atoms with Gasteiger partial charge in [-0.1, -0.05) is 24.3 Å². The predicted molar refractivity (Wildman–Crippen MR) is 77.9 cm³/mol. The number of hydrogen-bond acceptors (Lipinski definition) is 4. The van der Waals surface area contributed by atoms with Crippen molar-refractivity contribution in [2.24, 2.45) is 0 Å².